The summed E-state index contributed by atoms with van der Waals surface area (Å²) in [7, 11) is 1.07. The number of rotatable bonds is 36. The molecule has 0 bridgehead atoms. The van der Waals surface area contributed by atoms with Crippen LogP contribution in [-0.4, -0.2) is 282 Å². The number of aliphatic carboxylic acids is 2. The number of hydrogen-bond acceptors (Lipinski definition) is 25. The normalized spacial score (nSPS) is 24.2. The van der Waals surface area contributed by atoms with Gasteiger partial charge < -0.3 is 125 Å². The molecule has 0 aromatic carbocycles. The van der Waals surface area contributed by atoms with E-state index in [1.807, 2.05) is 13.8 Å². The summed E-state index contributed by atoms with van der Waals surface area (Å²) >= 11 is 0. The molecule has 0 spiro atoms. The zero-order valence-corrected chi connectivity index (χ0v) is 65.1. The lowest BCUT2D eigenvalue weighted by molar-refractivity contribution is -0.168. The van der Waals surface area contributed by atoms with Crippen molar-refractivity contribution in [3.8, 4) is 0 Å². The SMILES string of the molecule is CCO[C@H](C(N)=O)[C@@H]1NC(=O)[C@H](CCC(N)=O)N(C)C(=O)[C@H](CC(C)C)NC(=O)CNC(=O)C([C@@H](C)O)NC(=O)[C@H](NC(=O)[C@@H](NC(=O)[C@H](O)[C@@H](O)[C@H](CCC(N)=O)NC(=O)[C@H](NC(=O)[C@H](C)[C@@H](O)[C@H](C)CC(C)C)[C@H](O)C(=O)O)[C@@H](C)[C@@H](C)C=O)[C@@H]([C@H](C)C(C)C)OC(=O)[C@@H]2CCCCN2C(=O)[C@@H](CC(=O)O)NC1=O. The molecule has 1 unspecified atom stereocenters. The number of carboxylic acids is 2. The van der Waals surface area contributed by atoms with Gasteiger partial charge in [0.1, 0.15) is 72.9 Å². The number of hydrogen-bond donors (Lipinski definition) is 19. The van der Waals surface area contributed by atoms with Gasteiger partial charge in [-0.15, -0.1) is 0 Å². The van der Waals surface area contributed by atoms with Crippen LogP contribution in [0.4, 0.5) is 0 Å². The zero-order valence-electron chi connectivity index (χ0n) is 65.1. The number of nitrogens with zero attached hydrogens (tertiary/aromatic N) is 2. The number of piperidine rings is 1. The van der Waals surface area contributed by atoms with Gasteiger partial charge in [-0.1, -0.05) is 76.2 Å². The second-order valence-electron chi connectivity index (χ2n) is 29.7. The number of nitrogens with two attached hydrogens (primary N) is 3. The van der Waals surface area contributed by atoms with Crippen LogP contribution in [-0.2, 0) is 95.8 Å². The van der Waals surface area contributed by atoms with Crippen molar-refractivity contribution in [1.29, 1.82) is 0 Å². The number of aldehydes is 1. The summed E-state index contributed by atoms with van der Waals surface area (Å²) in [5.41, 5.74) is 16.6. The predicted molar refractivity (Wildman–Crippen MR) is 387 cm³/mol. The molecule has 41 heteroatoms. The van der Waals surface area contributed by atoms with Crippen LogP contribution in [0, 0.1) is 47.3 Å². The van der Waals surface area contributed by atoms with E-state index < -0.39 is 284 Å². The summed E-state index contributed by atoms with van der Waals surface area (Å²) in [4.78, 5) is 252. The maximum absolute atomic E-state index is 15.4. The molecule has 41 nitrogen and oxygen atoms in total. The molecule has 2 aliphatic heterocycles. The fourth-order valence-electron chi connectivity index (χ4n) is 12.6. The van der Waals surface area contributed by atoms with Crippen molar-refractivity contribution in [2.75, 3.05) is 26.7 Å². The molecule has 628 valence electrons. The molecule has 0 aromatic rings. The van der Waals surface area contributed by atoms with Crippen LogP contribution in [0.3, 0.4) is 0 Å². The number of likely N-dealkylation sites (N-methyl/N-ethyl adjacent to an activating group) is 1. The lowest BCUT2D eigenvalue weighted by atomic mass is 9.86. The summed E-state index contributed by atoms with van der Waals surface area (Å²) < 4.78 is 11.7. The van der Waals surface area contributed by atoms with Gasteiger partial charge in [-0.3, -0.25) is 71.9 Å². The smallest absolute Gasteiger partial charge is 0.335 e. The van der Waals surface area contributed by atoms with E-state index in [1.54, 1.807) is 34.6 Å². The molecular formula is C70H116N14O27. The Hall–Kier alpha value is -9.58. The minimum Gasteiger partial charge on any atom is -0.481 e. The van der Waals surface area contributed by atoms with E-state index >= 15 is 19.2 Å². The van der Waals surface area contributed by atoms with Crippen molar-refractivity contribution in [3.05, 3.63) is 0 Å². The molecule has 2 aliphatic rings. The van der Waals surface area contributed by atoms with E-state index in [0.717, 1.165) is 23.8 Å². The molecule has 0 aromatic heterocycles. The topological polar surface area (TPSA) is 660 Å². The molecule has 22 N–H and O–H groups in total. The first-order valence-electron chi connectivity index (χ1n) is 36.8. The second kappa shape index (κ2) is 45.7. The summed E-state index contributed by atoms with van der Waals surface area (Å²) in [5.74, 6) is -30.6. The number of ether oxygens (including phenoxy) is 2. The summed E-state index contributed by atoms with van der Waals surface area (Å²) in [5, 5.41) is 96.7. The van der Waals surface area contributed by atoms with Gasteiger partial charge in [0.15, 0.2) is 18.3 Å². The number of amides is 14. The van der Waals surface area contributed by atoms with E-state index in [2.05, 4.69) is 47.9 Å². The van der Waals surface area contributed by atoms with Crippen LogP contribution in [0.1, 0.15) is 154 Å². The number of carboxylic acid groups (broad SMARTS) is 2. The standard InChI is InChI=1S/C70H116N14O27/c1-15-110-57(58(73)96)51-64(102)77-40(26-46(90)91)68(106)84-23-17-16-18-42(84)70(109)111-56(34(10)31(6)7)50(65(103)79-48(37(13)86)61(99)74-27-45(89)75-39(25-30(4)5)67(105)83(14)41(60(98)81-51)20-22-44(72)88)82-62(100)47(35(11)33(9)28-85)78-66(104)55(95)53(93)38(19-21-43(71)87)76-63(101)49(54(94)69(107)108)80-59(97)36(12)52(92)32(8)24-29(2)3/h28-42,47-57,86,92-95H,15-27H2,1-14H3,(H2,71,87)(H2,72,88)(H2,73,96)(H,74,99)(H,75,89)(H,76,101)(H,77,102)(H,78,104)(H,79,103)(H,80,97)(H,81,98)(H,82,100)(H,90,91)(H,107,108)/t32-,33+,34-,35+,36-,37-,38+,39+,40-,41+,42+,47+,48?,49-,50-,51+,52+,53+,54+,55-,56-,57+/m1/s1. The van der Waals surface area contributed by atoms with E-state index in [0.29, 0.717) is 12.7 Å². The van der Waals surface area contributed by atoms with Gasteiger partial charge in [-0.2, -0.15) is 0 Å². The number of carbonyl (C=O) groups is 18. The number of primary amides is 3. The van der Waals surface area contributed by atoms with Crippen molar-refractivity contribution in [3.63, 3.8) is 0 Å². The summed E-state index contributed by atoms with van der Waals surface area (Å²) in [6.45, 7) is 17.3. The highest BCUT2D eigenvalue weighted by Gasteiger charge is 2.49. The number of carbonyl (C=O) groups excluding carboxylic acids is 16. The van der Waals surface area contributed by atoms with Crippen LogP contribution in [0.15, 0.2) is 0 Å². The molecule has 0 saturated carbocycles. The second-order valence-corrected chi connectivity index (χ2v) is 29.7. The molecule has 0 radical (unpaired) electrons. The number of aliphatic hydroxyl groups is 5. The average Bonchev–Trinajstić information content (AvgIpc) is 0.882. The Bertz CT molecular complexity index is 3310. The Balaban J connectivity index is 3.11. The number of cyclic esters (lactones) is 1. The van der Waals surface area contributed by atoms with Crippen molar-refractivity contribution in [2.24, 2.45) is 64.5 Å². The monoisotopic (exact) mass is 1580 g/mol. The van der Waals surface area contributed by atoms with Crippen LogP contribution in [0.5, 0.6) is 0 Å². The Labute approximate surface area is 642 Å². The Morgan fingerprint density at radius 1 is 0.658 bits per heavy atom. The molecule has 2 rings (SSSR count). The third-order valence-electron chi connectivity index (χ3n) is 19.6. The highest BCUT2D eigenvalue weighted by Crippen LogP contribution is 2.28. The maximum Gasteiger partial charge on any atom is 0.335 e. The van der Waals surface area contributed by atoms with Crippen LogP contribution < -0.4 is 65.1 Å². The van der Waals surface area contributed by atoms with E-state index in [9.17, 15) is 103 Å². The minimum absolute atomic E-state index is 0.0513. The van der Waals surface area contributed by atoms with Gasteiger partial charge in [-0.05, 0) is 94.3 Å². The van der Waals surface area contributed by atoms with Gasteiger partial charge in [0.2, 0.25) is 76.8 Å². The molecule has 22 atom stereocenters. The first-order chi connectivity index (χ1) is 51.6. The molecule has 14 amide bonds. The largest absolute Gasteiger partial charge is 0.481 e. The Morgan fingerprint density at radius 2 is 1.25 bits per heavy atom. The minimum atomic E-state index is -2.83. The number of nitrogens with one attached hydrogen (secondary N) is 9. The lowest BCUT2D eigenvalue weighted by Crippen LogP contribution is -2.65. The molecule has 2 fully saturated rings. The third kappa shape index (κ3) is 29.6. The van der Waals surface area contributed by atoms with Gasteiger partial charge in [0, 0.05) is 39.0 Å². The lowest BCUT2D eigenvalue weighted by Gasteiger charge is -2.40. The van der Waals surface area contributed by atoms with Gasteiger partial charge >= 0.3 is 17.9 Å². The van der Waals surface area contributed by atoms with Crippen molar-refractivity contribution >= 4 is 107 Å². The van der Waals surface area contributed by atoms with Crippen molar-refractivity contribution in [2.45, 2.75) is 257 Å². The number of fused-ring (bicyclic) bond motifs is 1. The van der Waals surface area contributed by atoms with Gasteiger partial charge in [-0.25, -0.2) is 9.59 Å². The van der Waals surface area contributed by atoms with Crippen LogP contribution in [0.25, 0.3) is 0 Å². The molecule has 0 aliphatic carbocycles. The fourth-order valence-corrected chi connectivity index (χ4v) is 12.6. The van der Waals surface area contributed by atoms with Crippen LogP contribution in [0.2, 0.25) is 0 Å². The van der Waals surface area contributed by atoms with Crippen molar-refractivity contribution < 1.29 is 132 Å². The molecule has 2 heterocycles. The van der Waals surface area contributed by atoms with E-state index in [4.69, 9.17) is 26.7 Å². The van der Waals surface area contributed by atoms with E-state index in [1.165, 1.54) is 34.6 Å². The Morgan fingerprint density at radius 3 is 1.77 bits per heavy atom. The van der Waals surface area contributed by atoms with E-state index in [-0.39, 0.29) is 44.8 Å². The quantitative estimate of drug-likeness (QED) is 0.0205. The number of aliphatic hydroxyl groups excluding tert-OH is 5. The zero-order chi connectivity index (χ0) is 85.1. The summed E-state index contributed by atoms with van der Waals surface area (Å²) in [6, 6.07) is -20.9. The number of esters is 1. The van der Waals surface area contributed by atoms with Gasteiger partial charge in [0.05, 0.1) is 37.1 Å². The highest BCUT2D eigenvalue weighted by molar-refractivity contribution is 6.01. The van der Waals surface area contributed by atoms with Crippen molar-refractivity contribution in [1.82, 2.24) is 57.7 Å². The molecular weight excluding hydrogens is 1470 g/mol. The fraction of sp³-hybridized carbons (Fsp3) is 0.743. The predicted octanol–water partition coefficient (Wildman–Crippen LogP) is -6.95. The third-order valence-corrected chi connectivity index (χ3v) is 19.6. The maximum atomic E-state index is 15.4. The highest BCUT2D eigenvalue weighted by atomic mass is 16.5. The first kappa shape index (κ1) is 97.5. The van der Waals surface area contributed by atoms with Crippen LogP contribution >= 0.6 is 0 Å². The van der Waals surface area contributed by atoms with Gasteiger partial charge in [0.25, 0.3) is 5.91 Å². The first-order valence-corrected chi connectivity index (χ1v) is 36.8. The molecule has 111 heavy (non-hydrogen) atoms. The Kier molecular flexibility index (Phi) is 40.1. The summed E-state index contributed by atoms with van der Waals surface area (Å²) in [6.07, 6.45) is -19.2. The molecule has 2 saturated heterocycles. The average molecular weight is 1590 g/mol.